The summed E-state index contributed by atoms with van der Waals surface area (Å²) in [7, 11) is 1.65. The number of urea groups is 1. The molecule has 136 valence electrons. The van der Waals surface area contributed by atoms with Crippen molar-refractivity contribution in [2.45, 2.75) is 37.5 Å². The van der Waals surface area contributed by atoms with Gasteiger partial charge in [0.15, 0.2) is 0 Å². The van der Waals surface area contributed by atoms with Crippen molar-refractivity contribution < 1.29 is 19.4 Å². The fourth-order valence-corrected chi connectivity index (χ4v) is 3.80. The van der Waals surface area contributed by atoms with Crippen LogP contribution >= 0.6 is 0 Å². The molecular formula is C19H26N2O4. The highest BCUT2D eigenvalue weighted by Crippen LogP contribution is 2.43. The maximum absolute atomic E-state index is 12.4. The van der Waals surface area contributed by atoms with Crippen molar-refractivity contribution in [3.63, 3.8) is 0 Å². The van der Waals surface area contributed by atoms with Crippen LogP contribution in [0.25, 0.3) is 0 Å². The van der Waals surface area contributed by atoms with Crippen molar-refractivity contribution in [3.05, 3.63) is 29.8 Å². The van der Waals surface area contributed by atoms with E-state index in [0.717, 1.165) is 18.6 Å². The number of nitrogens with one attached hydrogen (secondary N) is 1. The first-order valence-corrected chi connectivity index (χ1v) is 8.94. The van der Waals surface area contributed by atoms with Gasteiger partial charge < -0.3 is 20.1 Å². The molecule has 3 rings (SSSR count). The van der Waals surface area contributed by atoms with Gasteiger partial charge in [-0.15, -0.1) is 0 Å². The molecule has 1 aromatic rings. The van der Waals surface area contributed by atoms with Gasteiger partial charge in [0.2, 0.25) is 0 Å². The Morgan fingerprint density at radius 1 is 1.24 bits per heavy atom. The third-order valence-electron chi connectivity index (χ3n) is 5.72. The molecule has 0 spiro atoms. The van der Waals surface area contributed by atoms with Gasteiger partial charge in [-0.05, 0) is 43.4 Å². The molecule has 25 heavy (non-hydrogen) atoms. The maximum atomic E-state index is 12.4. The lowest BCUT2D eigenvalue weighted by Gasteiger charge is -2.43. The van der Waals surface area contributed by atoms with Gasteiger partial charge >= 0.3 is 12.0 Å². The third kappa shape index (κ3) is 3.72. The van der Waals surface area contributed by atoms with Crippen LogP contribution in [0.1, 0.15) is 37.7 Å². The van der Waals surface area contributed by atoms with Crippen molar-refractivity contribution in [2.75, 3.05) is 26.7 Å². The third-order valence-corrected chi connectivity index (χ3v) is 5.72. The zero-order chi connectivity index (χ0) is 17.9. The number of hydrogen-bond donors (Lipinski definition) is 2. The first-order chi connectivity index (χ1) is 12.0. The minimum absolute atomic E-state index is 0.0152. The molecule has 0 radical (unpaired) electrons. The number of carbonyl (C=O) groups is 2. The molecule has 1 saturated carbocycles. The van der Waals surface area contributed by atoms with E-state index in [1.807, 2.05) is 12.1 Å². The fraction of sp³-hybridized carbons (Fsp3) is 0.579. The molecule has 1 aliphatic carbocycles. The minimum atomic E-state index is -0.756. The van der Waals surface area contributed by atoms with E-state index in [-0.39, 0.29) is 17.4 Å². The number of nitrogens with zero attached hydrogens (tertiary/aromatic N) is 1. The normalized spacial score (nSPS) is 19.8. The van der Waals surface area contributed by atoms with E-state index < -0.39 is 5.97 Å². The van der Waals surface area contributed by atoms with Gasteiger partial charge in [-0.25, -0.2) is 4.79 Å². The van der Waals surface area contributed by atoms with Crippen LogP contribution < -0.4 is 10.1 Å². The zero-order valence-electron chi connectivity index (χ0n) is 14.7. The lowest BCUT2D eigenvalue weighted by molar-refractivity contribution is -0.143. The molecule has 0 unspecified atom stereocenters. The summed E-state index contributed by atoms with van der Waals surface area (Å²) < 4.78 is 5.22. The summed E-state index contributed by atoms with van der Waals surface area (Å²) in [6, 6.07) is 8.02. The Morgan fingerprint density at radius 3 is 2.36 bits per heavy atom. The molecule has 1 heterocycles. The molecule has 1 aliphatic heterocycles. The second kappa shape index (κ2) is 7.33. The molecule has 2 N–H and O–H groups in total. The standard InChI is InChI=1S/C19H26N2O4/c1-25-16-5-3-15(4-6-16)19(9-2-10-19)13-20-18(24)21-11-7-14(8-12-21)17(22)23/h3-6,14H,2,7-13H2,1H3,(H,20,24)(H,22,23). The molecule has 0 bridgehead atoms. The van der Waals surface area contributed by atoms with Gasteiger partial charge in [0.25, 0.3) is 0 Å². The Labute approximate surface area is 148 Å². The average Bonchev–Trinajstić information content (AvgIpc) is 2.61. The van der Waals surface area contributed by atoms with E-state index in [9.17, 15) is 9.59 Å². The van der Waals surface area contributed by atoms with Crippen LogP contribution in [-0.2, 0) is 10.2 Å². The molecule has 0 atom stereocenters. The highest BCUT2D eigenvalue weighted by atomic mass is 16.5. The largest absolute Gasteiger partial charge is 0.497 e. The number of likely N-dealkylation sites (tertiary alicyclic amines) is 1. The number of piperidine rings is 1. The molecule has 1 saturated heterocycles. The Morgan fingerprint density at radius 2 is 1.88 bits per heavy atom. The van der Waals surface area contributed by atoms with Crippen LogP contribution in [-0.4, -0.2) is 48.8 Å². The first kappa shape index (κ1) is 17.6. The quantitative estimate of drug-likeness (QED) is 0.859. The van der Waals surface area contributed by atoms with E-state index in [2.05, 4.69) is 17.4 Å². The molecule has 1 aromatic carbocycles. The van der Waals surface area contributed by atoms with Gasteiger partial charge in [0, 0.05) is 25.0 Å². The Hall–Kier alpha value is -2.24. The first-order valence-electron chi connectivity index (χ1n) is 8.94. The lowest BCUT2D eigenvalue weighted by Crippen LogP contribution is -2.51. The summed E-state index contributed by atoms with van der Waals surface area (Å²) in [5.41, 5.74) is 1.26. The van der Waals surface area contributed by atoms with Crippen LogP contribution in [0.15, 0.2) is 24.3 Å². The second-order valence-electron chi connectivity index (χ2n) is 7.12. The smallest absolute Gasteiger partial charge is 0.317 e. The monoisotopic (exact) mass is 346 g/mol. The SMILES string of the molecule is COc1ccc(C2(CNC(=O)N3CCC(C(=O)O)CC3)CCC2)cc1. The molecule has 6 heteroatoms. The second-order valence-corrected chi connectivity index (χ2v) is 7.12. The Balaban J connectivity index is 1.56. The van der Waals surface area contributed by atoms with E-state index in [4.69, 9.17) is 9.84 Å². The van der Waals surface area contributed by atoms with Gasteiger partial charge in [-0.3, -0.25) is 4.79 Å². The Bertz CT molecular complexity index is 617. The van der Waals surface area contributed by atoms with Crippen molar-refractivity contribution in [2.24, 2.45) is 5.92 Å². The number of hydrogen-bond acceptors (Lipinski definition) is 3. The van der Waals surface area contributed by atoms with Crippen molar-refractivity contribution in [3.8, 4) is 5.75 Å². The highest BCUT2D eigenvalue weighted by Gasteiger charge is 2.39. The number of amides is 2. The Kier molecular flexibility index (Phi) is 5.16. The molecule has 0 aromatic heterocycles. The summed E-state index contributed by atoms with van der Waals surface area (Å²) in [4.78, 5) is 25.2. The van der Waals surface area contributed by atoms with Crippen LogP contribution in [0.2, 0.25) is 0 Å². The number of rotatable bonds is 5. The minimum Gasteiger partial charge on any atom is -0.497 e. The van der Waals surface area contributed by atoms with E-state index in [1.54, 1.807) is 12.0 Å². The number of methoxy groups -OCH3 is 1. The number of carboxylic acids is 1. The molecule has 6 nitrogen and oxygen atoms in total. The predicted octanol–water partition coefficient (Wildman–Crippen LogP) is 2.62. The zero-order valence-corrected chi connectivity index (χ0v) is 14.7. The van der Waals surface area contributed by atoms with Crippen molar-refractivity contribution in [1.29, 1.82) is 0 Å². The van der Waals surface area contributed by atoms with Crippen molar-refractivity contribution >= 4 is 12.0 Å². The van der Waals surface area contributed by atoms with Gasteiger partial charge in [0.1, 0.15) is 5.75 Å². The molecule has 2 fully saturated rings. The maximum Gasteiger partial charge on any atom is 0.317 e. The van der Waals surface area contributed by atoms with Crippen molar-refractivity contribution in [1.82, 2.24) is 10.2 Å². The highest BCUT2D eigenvalue weighted by molar-refractivity contribution is 5.75. The summed E-state index contributed by atoms with van der Waals surface area (Å²) >= 11 is 0. The number of carbonyl (C=O) groups excluding carboxylic acids is 1. The molecule has 2 amide bonds. The van der Waals surface area contributed by atoms with E-state index in [0.29, 0.717) is 32.5 Å². The summed E-state index contributed by atoms with van der Waals surface area (Å²) in [6.07, 6.45) is 4.38. The van der Waals surface area contributed by atoms with Gasteiger partial charge in [0.05, 0.1) is 13.0 Å². The van der Waals surface area contributed by atoms with E-state index in [1.165, 1.54) is 12.0 Å². The summed E-state index contributed by atoms with van der Waals surface area (Å²) in [5, 5.41) is 12.1. The number of carboxylic acid groups (broad SMARTS) is 1. The van der Waals surface area contributed by atoms with Crippen LogP contribution in [0.3, 0.4) is 0 Å². The lowest BCUT2D eigenvalue weighted by atomic mass is 9.64. The van der Waals surface area contributed by atoms with Gasteiger partial charge in [-0.2, -0.15) is 0 Å². The molecular weight excluding hydrogens is 320 g/mol. The summed E-state index contributed by atoms with van der Waals surface area (Å²) in [5.74, 6) is -0.238. The fourth-order valence-electron chi connectivity index (χ4n) is 3.80. The van der Waals surface area contributed by atoms with Crippen LogP contribution in [0, 0.1) is 5.92 Å². The number of benzene rings is 1. The van der Waals surface area contributed by atoms with E-state index >= 15 is 0 Å². The number of ether oxygens (including phenoxy) is 1. The molecule has 2 aliphatic rings. The van der Waals surface area contributed by atoms with Crippen LogP contribution in [0.4, 0.5) is 4.79 Å². The average molecular weight is 346 g/mol. The predicted molar refractivity (Wildman–Crippen MR) is 93.9 cm³/mol. The summed E-state index contributed by atoms with van der Waals surface area (Å²) in [6.45, 7) is 1.65. The number of aliphatic carboxylic acids is 1. The van der Waals surface area contributed by atoms with Gasteiger partial charge in [-0.1, -0.05) is 18.6 Å². The van der Waals surface area contributed by atoms with Crippen LogP contribution in [0.5, 0.6) is 5.75 Å². The topological polar surface area (TPSA) is 78.9 Å².